The zero-order chi connectivity index (χ0) is 8.69. The van der Waals surface area contributed by atoms with Crippen LogP contribution in [0.15, 0.2) is 0 Å². The van der Waals surface area contributed by atoms with Gasteiger partial charge in [0.15, 0.2) is 0 Å². The number of hydrogen-bond acceptors (Lipinski definition) is 3. The summed E-state index contributed by atoms with van der Waals surface area (Å²) >= 11 is 0. The first-order chi connectivity index (χ1) is 5.22. The van der Waals surface area contributed by atoms with Gasteiger partial charge in [-0.3, -0.25) is 4.79 Å². The molecule has 0 fully saturated rings. The second kappa shape index (κ2) is 8.77. The molecule has 0 aromatic heterocycles. The van der Waals surface area contributed by atoms with E-state index in [1.165, 1.54) is 0 Å². The highest BCUT2D eigenvalue weighted by molar-refractivity contribution is 5.85. The molecule has 0 aliphatic rings. The molecular weight excluding hydrogens is 178 g/mol. The first-order valence-corrected chi connectivity index (χ1v) is 3.89. The third kappa shape index (κ3) is 6.39. The number of rotatable bonds is 5. The number of halogens is 1. The molecule has 0 saturated heterocycles. The zero-order valence-electron chi connectivity index (χ0n) is 7.38. The van der Waals surface area contributed by atoms with Gasteiger partial charge in [0.2, 0.25) is 5.91 Å². The molecule has 0 saturated carbocycles. The van der Waals surface area contributed by atoms with E-state index in [1.807, 2.05) is 0 Å². The number of unbranched alkanes of at least 4 members (excludes halogenated alkanes) is 1. The topological polar surface area (TPSA) is 81.1 Å². The fourth-order valence-corrected chi connectivity index (χ4v) is 0.825. The van der Waals surface area contributed by atoms with E-state index in [0.717, 1.165) is 19.3 Å². The average molecular weight is 196 g/mol. The van der Waals surface area contributed by atoms with Gasteiger partial charge in [-0.1, -0.05) is 6.42 Å². The highest BCUT2D eigenvalue weighted by atomic mass is 35.5. The number of amides is 1. The van der Waals surface area contributed by atoms with Crippen molar-refractivity contribution in [2.75, 3.05) is 13.6 Å². The molecular formula is C7H18ClN3O. The van der Waals surface area contributed by atoms with Crippen molar-refractivity contribution >= 4 is 18.3 Å². The van der Waals surface area contributed by atoms with Crippen molar-refractivity contribution < 1.29 is 4.79 Å². The number of nitrogens with one attached hydrogen (secondary N) is 1. The molecule has 0 bridgehead atoms. The standard InChI is InChI=1S/C7H17N3O.ClH/c1-10-7(11)6(9)4-2-3-5-8;/h6H,2-5,8-9H2,1H3,(H,10,11);1H/t6-;/m0./s1. The molecule has 0 unspecified atom stereocenters. The molecule has 0 radical (unpaired) electrons. The third-order valence-corrected chi connectivity index (χ3v) is 1.55. The van der Waals surface area contributed by atoms with Gasteiger partial charge < -0.3 is 16.8 Å². The summed E-state index contributed by atoms with van der Waals surface area (Å²) in [5.74, 6) is -0.0954. The van der Waals surface area contributed by atoms with Gasteiger partial charge in [0, 0.05) is 7.05 Å². The molecule has 0 aromatic carbocycles. The van der Waals surface area contributed by atoms with Crippen LogP contribution >= 0.6 is 12.4 Å². The Kier molecular flexibility index (Phi) is 10.4. The third-order valence-electron chi connectivity index (χ3n) is 1.55. The molecule has 0 spiro atoms. The van der Waals surface area contributed by atoms with Crippen LogP contribution in [0.1, 0.15) is 19.3 Å². The molecule has 5 heteroatoms. The minimum Gasteiger partial charge on any atom is -0.358 e. The van der Waals surface area contributed by atoms with Crippen LogP contribution in [0.5, 0.6) is 0 Å². The Morgan fingerprint density at radius 1 is 1.50 bits per heavy atom. The van der Waals surface area contributed by atoms with Gasteiger partial charge in [0.25, 0.3) is 0 Å². The number of likely N-dealkylation sites (N-methyl/N-ethyl adjacent to an activating group) is 1. The summed E-state index contributed by atoms with van der Waals surface area (Å²) in [7, 11) is 1.59. The summed E-state index contributed by atoms with van der Waals surface area (Å²) in [5, 5.41) is 2.50. The molecule has 4 nitrogen and oxygen atoms in total. The van der Waals surface area contributed by atoms with Gasteiger partial charge in [0.05, 0.1) is 6.04 Å². The van der Waals surface area contributed by atoms with Gasteiger partial charge >= 0.3 is 0 Å². The summed E-state index contributed by atoms with van der Waals surface area (Å²) in [6.07, 6.45) is 2.58. The van der Waals surface area contributed by atoms with Crippen LogP contribution in [0.3, 0.4) is 0 Å². The van der Waals surface area contributed by atoms with Crippen molar-refractivity contribution in [2.45, 2.75) is 25.3 Å². The lowest BCUT2D eigenvalue weighted by atomic mass is 10.1. The molecule has 1 atom stereocenters. The highest BCUT2D eigenvalue weighted by Crippen LogP contribution is 1.97. The normalized spacial score (nSPS) is 11.6. The minimum absolute atomic E-state index is 0. The van der Waals surface area contributed by atoms with Crippen LogP contribution in [0, 0.1) is 0 Å². The van der Waals surface area contributed by atoms with Crippen LogP contribution in [0.2, 0.25) is 0 Å². The summed E-state index contributed by atoms with van der Waals surface area (Å²) in [6.45, 7) is 0.667. The summed E-state index contributed by atoms with van der Waals surface area (Å²) in [5.41, 5.74) is 10.8. The van der Waals surface area contributed by atoms with E-state index in [9.17, 15) is 4.79 Å². The number of hydrogen-bond donors (Lipinski definition) is 3. The van der Waals surface area contributed by atoms with E-state index in [-0.39, 0.29) is 24.4 Å². The van der Waals surface area contributed by atoms with E-state index in [0.29, 0.717) is 6.54 Å². The maximum Gasteiger partial charge on any atom is 0.236 e. The Balaban J connectivity index is 0. The first kappa shape index (κ1) is 14.2. The quantitative estimate of drug-likeness (QED) is 0.523. The fraction of sp³-hybridized carbons (Fsp3) is 0.857. The fourth-order valence-electron chi connectivity index (χ4n) is 0.825. The van der Waals surface area contributed by atoms with E-state index in [1.54, 1.807) is 7.05 Å². The summed E-state index contributed by atoms with van der Waals surface area (Å²) < 4.78 is 0. The second-order valence-electron chi connectivity index (χ2n) is 2.51. The Labute approximate surface area is 79.5 Å². The van der Waals surface area contributed by atoms with Crippen LogP contribution in [-0.4, -0.2) is 25.5 Å². The minimum atomic E-state index is -0.369. The lowest BCUT2D eigenvalue weighted by Crippen LogP contribution is -2.38. The lowest BCUT2D eigenvalue weighted by molar-refractivity contribution is -0.122. The van der Waals surface area contributed by atoms with E-state index in [4.69, 9.17) is 11.5 Å². The van der Waals surface area contributed by atoms with Crippen molar-refractivity contribution in [3.8, 4) is 0 Å². The number of nitrogens with two attached hydrogens (primary N) is 2. The smallest absolute Gasteiger partial charge is 0.236 e. The largest absolute Gasteiger partial charge is 0.358 e. The maximum atomic E-state index is 10.8. The van der Waals surface area contributed by atoms with Gasteiger partial charge in [-0.25, -0.2) is 0 Å². The van der Waals surface area contributed by atoms with Crippen molar-refractivity contribution in [1.29, 1.82) is 0 Å². The monoisotopic (exact) mass is 195 g/mol. The number of carbonyl (C=O) groups is 1. The molecule has 74 valence electrons. The van der Waals surface area contributed by atoms with Crippen molar-refractivity contribution in [1.82, 2.24) is 5.32 Å². The molecule has 0 aromatic rings. The van der Waals surface area contributed by atoms with Gasteiger partial charge in [-0.05, 0) is 19.4 Å². The highest BCUT2D eigenvalue weighted by Gasteiger charge is 2.09. The summed E-state index contributed by atoms with van der Waals surface area (Å²) in [6, 6.07) is -0.369. The Bertz CT molecular complexity index is 121. The predicted molar refractivity (Wildman–Crippen MR) is 52.2 cm³/mol. The van der Waals surface area contributed by atoms with E-state index >= 15 is 0 Å². The first-order valence-electron chi connectivity index (χ1n) is 3.89. The van der Waals surface area contributed by atoms with Crippen molar-refractivity contribution in [3.05, 3.63) is 0 Å². The van der Waals surface area contributed by atoms with Crippen molar-refractivity contribution in [2.24, 2.45) is 11.5 Å². The summed E-state index contributed by atoms with van der Waals surface area (Å²) in [4.78, 5) is 10.8. The van der Waals surface area contributed by atoms with E-state index in [2.05, 4.69) is 5.32 Å². The van der Waals surface area contributed by atoms with Gasteiger partial charge in [-0.2, -0.15) is 0 Å². The molecule has 0 heterocycles. The van der Waals surface area contributed by atoms with Crippen LogP contribution in [0.4, 0.5) is 0 Å². The predicted octanol–water partition coefficient (Wildman–Crippen LogP) is -0.390. The Hall–Kier alpha value is -0.320. The van der Waals surface area contributed by atoms with Crippen LogP contribution in [-0.2, 0) is 4.79 Å². The molecule has 12 heavy (non-hydrogen) atoms. The molecule has 0 aliphatic heterocycles. The van der Waals surface area contributed by atoms with Gasteiger partial charge in [-0.15, -0.1) is 12.4 Å². The zero-order valence-corrected chi connectivity index (χ0v) is 8.19. The van der Waals surface area contributed by atoms with Crippen molar-refractivity contribution in [3.63, 3.8) is 0 Å². The maximum absolute atomic E-state index is 10.8. The Morgan fingerprint density at radius 2 is 2.08 bits per heavy atom. The lowest BCUT2D eigenvalue weighted by Gasteiger charge is -2.08. The SMILES string of the molecule is CNC(=O)[C@@H](N)CCCCN.Cl. The molecule has 1 amide bonds. The Morgan fingerprint density at radius 3 is 2.50 bits per heavy atom. The molecule has 0 rings (SSSR count). The molecule has 0 aliphatic carbocycles. The average Bonchev–Trinajstić information content (AvgIpc) is 2.03. The van der Waals surface area contributed by atoms with Gasteiger partial charge in [0.1, 0.15) is 0 Å². The van der Waals surface area contributed by atoms with E-state index < -0.39 is 0 Å². The number of carbonyl (C=O) groups excluding carboxylic acids is 1. The van der Waals surface area contributed by atoms with Crippen LogP contribution in [0.25, 0.3) is 0 Å². The second-order valence-corrected chi connectivity index (χ2v) is 2.51. The van der Waals surface area contributed by atoms with Crippen LogP contribution < -0.4 is 16.8 Å². The molecule has 5 N–H and O–H groups in total.